The molecule has 19 heteroatoms. The van der Waals surface area contributed by atoms with Crippen LogP contribution in [-0.4, -0.2) is 96.7 Å². The molecule has 93 heavy (non-hydrogen) atoms. The molecule has 0 bridgehead atoms. The van der Waals surface area contributed by atoms with E-state index in [0.29, 0.717) is 25.7 Å². The number of carbonyl (C=O) groups excluding carboxylic acids is 4. The molecule has 0 aromatic rings. The Kier molecular flexibility index (Phi) is 63.4. The third-order valence-corrected chi connectivity index (χ3v) is 19.0. The second-order valence-corrected chi connectivity index (χ2v) is 31.0. The number of aliphatic hydroxyl groups excluding tert-OH is 1. The Balaban J connectivity index is 5.22. The van der Waals surface area contributed by atoms with Gasteiger partial charge in [-0.3, -0.25) is 37.3 Å². The van der Waals surface area contributed by atoms with Crippen molar-refractivity contribution in [2.24, 2.45) is 17.8 Å². The lowest BCUT2D eigenvalue weighted by molar-refractivity contribution is -0.161. The molecule has 2 unspecified atom stereocenters. The summed E-state index contributed by atoms with van der Waals surface area (Å²) in [4.78, 5) is 72.6. The van der Waals surface area contributed by atoms with Gasteiger partial charge in [0, 0.05) is 25.7 Å². The number of aliphatic hydroxyl groups is 1. The van der Waals surface area contributed by atoms with E-state index < -0.39 is 97.5 Å². The first kappa shape index (κ1) is 91.1. The molecule has 0 fully saturated rings. The molecule has 0 amide bonds. The fraction of sp³-hybridized carbons (Fsp3) is 0.946. The van der Waals surface area contributed by atoms with Crippen LogP contribution in [0.5, 0.6) is 0 Å². The molecule has 0 aromatic heterocycles. The SMILES string of the molecule is CCCCCCCCCCC(=O)OC[C@H](COP(=O)(O)OC[C@H](O)COP(=O)(O)OC[C@@H](COC(=O)CCCCCCCCCCCCCC(C)C)OC(=O)CCCCCCCCCCCCCCCCCC(C)C)OC(=O)CCCCCCCCCCCCC(C)C. The molecule has 0 aromatic carbocycles. The first-order valence-electron chi connectivity index (χ1n) is 38.3. The van der Waals surface area contributed by atoms with Gasteiger partial charge >= 0.3 is 39.5 Å². The molecule has 0 saturated carbocycles. The van der Waals surface area contributed by atoms with Crippen LogP contribution in [0.3, 0.4) is 0 Å². The third kappa shape index (κ3) is 68.4. The minimum Gasteiger partial charge on any atom is -0.462 e. The van der Waals surface area contributed by atoms with Crippen molar-refractivity contribution in [1.82, 2.24) is 0 Å². The molecule has 0 aliphatic heterocycles. The number of phosphoric ester groups is 2. The first-order valence-corrected chi connectivity index (χ1v) is 41.3. The van der Waals surface area contributed by atoms with Gasteiger partial charge in [-0.05, 0) is 43.4 Å². The fourth-order valence-corrected chi connectivity index (χ4v) is 12.8. The Morgan fingerprint density at radius 3 is 0.731 bits per heavy atom. The monoisotopic (exact) mass is 1370 g/mol. The van der Waals surface area contributed by atoms with Crippen LogP contribution in [0.25, 0.3) is 0 Å². The highest BCUT2D eigenvalue weighted by Gasteiger charge is 2.30. The van der Waals surface area contributed by atoms with Crippen molar-refractivity contribution < 1.29 is 80.2 Å². The van der Waals surface area contributed by atoms with E-state index in [2.05, 4.69) is 48.5 Å². The van der Waals surface area contributed by atoms with Crippen LogP contribution >= 0.6 is 15.6 Å². The largest absolute Gasteiger partial charge is 0.472 e. The average Bonchev–Trinajstić information content (AvgIpc) is 1.89. The zero-order valence-corrected chi connectivity index (χ0v) is 62.5. The van der Waals surface area contributed by atoms with Crippen molar-refractivity contribution in [3.8, 4) is 0 Å². The molecule has 0 aliphatic carbocycles. The summed E-state index contributed by atoms with van der Waals surface area (Å²) in [5.41, 5.74) is 0. The molecule has 552 valence electrons. The third-order valence-electron chi connectivity index (χ3n) is 17.1. The van der Waals surface area contributed by atoms with Gasteiger partial charge in [0.1, 0.15) is 19.3 Å². The summed E-state index contributed by atoms with van der Waals surface area (Å²) in [5, 5.41) is 10.6. The molecular formula is C74H144O17P2. The predicted octanol–water partition coefficient (Wildman–Crippen LogP) is 21.4. The van der Waals surface area contributed by atoms with Crippen LogP contribution in [0.15, 0.2) is 0 Å². The van der Waals surface area contributed by atoms with Gasteiger partial charge < -0.3 is 33.8 Å². The van der Waals surface area contributed by atoms with E-state index in [1.807, 2.05) is 0 Å². The van der Waals surface area contributed by atoms with E-state index in [4.69, 9.17) is 37.0 Å². The van der Waals surface area contributed by atoms with Gasteiger partial charge in [0.15, 0.2) is 12.2 Å². The maximum absolute atomic E-state index is 13.1. The van der Waals surface area contributed by atoms with E-state index in [1.165, 1.54) is 180 Å². The number of esters is 4. The molecule has 3 N–H and O–H groups in total. The summed E-state index contributed by atoms with van der Waals surface area (Å²) < 4.78 is 68.4. The second-order valence-electron chi connectivity index (χ2n) is 28.1. The Hall–Kier alpha value is -1.94. The zero-order valence-electron chi connectivity index (χ0n) is 60.7. The summed E-state index contributed by atoms with van der Waals surface area (Å²) >= 11 is 0. The minimum atomic E-state index is -4.96. The number of carbonyl (C=O) groups is 4. The standard InChI is InChI=1S/C74H144O17P2/c1-8-9-10-11-12-34-41-48-55-71(76)84-61-69(90-74(79)58-51-44-37-30-24-23-27-33-40-47-54-67(6)7)63-88-92(80,81)86-59-68(75)60-87-93(82,83)89-64-70(62-85-72(77)56-49-42-35-28-22-18-20-26-32-39-46-53-66(4)5)91-73(78)57-50-43-36-29-21-17-15-13-14-16-19-25-31-38-45-52-65(2)3/h65-70,75H,8-64H2,1-7H3,(H,80,81)(H,82,83)/t68-,69+,70+/m0/s1. The van der Waals surface area contributed by atoms with Crippen LogP contribution in [0, 0.1) is 17.8 Å². The maximum Gasteiger partial charge on any atom is 0.472 e. The average molecular weight is 1370 g/mol. The highest BCUT2D eigenvalue weighted by molar-refractivity contribution is 7.47. The summed E-state index contributed by atoms with van der Waals surface area (Å²) in [6.07, 6.45) is 50.0. The summed E-state index contributed by atoms with van der Waals surface area (Å²) in [6, 6.07) is 0. The van der Waals surface area contributed by atoms with Gasteiger partial charge in [-0.25, -0.2) is 9.13 Å². The molecule has 0 spiro atoms. The predicted molar refractivity (Wildman–Crippen MR) is 377 cm³/mol. The minimum absolute atomic E-state index is 0.106. The Morgan fingerprint density at radius 2 is 0.495 bits per heavy atom. The van der Waals surface area contributed by atoms with Gasteiger partial charge in [-0.1, -0.05) is 325 Å². The van der Waals surface area contributed by atoms with Crippen molar-refractivity contribution in [1.29, 1.82) is 0 Å². The van der Waals surface area contributed by atoms with Crippen molar-refractivity contribution >= 4 is 39.5 Å². The lowest BCUT2D eigenvalue weighted by atomic mass is 10.0. The van der Waals surface area contributed by atoms with E-state index >= 15 is 0 Å². The molecule has 0 radical (unpaired) electrons. The topological polar surface area (TPSA) is 237 Å². The van der Waals surface area contributed by atoms with E-state index in [1.54, 1.807) is 0 Å². The van der Waals surface area contributed by atoms with Crippen molar-refractivity contribution in [2.75, 3.05) is 39.6 Å². The number of rotatable bonds is 72. The number of hydrogen-bond acceptors (Lipinski definition) is 15. The fourth-order valence-electron chi connectivity index (χ4n) is 11.2. The lowest BCUT2D eigenvalue weighted by Gasteiger charge is -2.21. The van der Waals surface area contributed by atoms with E-state index in [-0.39, 0.29) is 25.7 Å². The van der Waals surface area contributed by atoms with Crippen LogP contribution < -0.4 is 0 Å². The second kappa shape index (κ2) is 64.7. The number of ether oxygens (including phenoxy) is 4. The molecule has 17 nitrogen and oxygen atoms in total. The summed E-state index contributed by atoms with van der Waals surface area (Å²) in [6.45, 7) is 11.9. The van der Waals surface area contributed by atoms with Crippen LogP contribution in [0.4, 0.5) is 0 Å². The first-order chi connectivity index (χ1) is 44.7. The van der Waals surface area contributed by atoms with Crippen LogP contribution in [0.2, 0.25) is 0 Å². The van der Waals surface area contributed by atoms with Gasteiger partial charge in [0.25, 0.3) is 0 Å². The molecule has 5 atom stereocenters. The molecule has 0 heterocycles. The van der Waals surface area contributed by atoms with Gasteiger partial charge in [0.05, 0.1) is 26.4 Å². The Bertz CT molecular complexity index is 1820. The maximum atomic E-state index is 13.1. The quantitative estimate of drug-likeness (QED) is 0.0222. The molecular weight excluding hydrogens is 1220 g/mol. The van der Waals surface area contributed by atoms with E-state index in [0.717, 1.165) is 114 Å². The van der Waals surface area contributed by atoms with Gasteiger partial charge in [-0.15, -0.1) is 0 Å². The van der Waals surface area contributed by atoms with E-state index in [9.17, 15) is 43.2 Å². The van der Waals surface area contributed by atoms with Gasteiger partial charge in [0.2, 0.25) is 0 Å². The lowest BCUT2D eigenvalue weighted by Crippen LogP contribution is -2.30. The summed E-state index contributed by atoms with van der Waals surface area (Å²) in [7, 11) is -9.91. The Labute approximate surface area is 568 Å². The van der Waals surface area contributed by atoms with Crippen molar-refractivity contribution in [3.63, 3.8) is 0 Å². The normalized spacial score (nSPS) is 14.1. The van der Waals surface area contributed by atoms with Crippen molar-refractivity contribution in [2.45, 2.75) is 394 Å². The molecule has 0 rings (SSSR count). The number of unbranched alkanes of at least 4 members (excludes halogenated alkanes) is 40. The smallest absolute Gasteiger partial charge is 0.462 e. The van der Waals surface area contributed by atoms with Crippen LogP contribution in [-0.2, 0) is 65.4 Å². The number of hydrogen-bond donors (Lipinski definition) is 3. The van der Waals surface area contributed by atoms with Crippen molar-refractivity contribution in [3.05, 3.63) is 0 Å². The number of phosphoric acid groups is 2. The zero-order chi connectivity index (χ0) is 68.7. The molecule has 0 aliphatic rings. The highest BCUT2D eigenvalue weighted by atomic mass is 31.2. The molecule has 0 saturated heterocycles. The van der Waals surface area contributed by atoms with Gasteiger partial charge in [-0.2, -0.15) is 0 Å². The van der Waals surface area contributed by atoms with Crippen LogP contribution in [0.1, 0.15) is 376 Å². The highest BCUT2D eigenvalue weighted by Crippen LogP contribution is 2.45. The Morgan fingerprint density at radius 1 is 0.290 bits per heavy atom. The summed E-state index contributed by atoms with van der Waals surface area (Å²) in [5.74, 6) is 0.203.